The number of nitrogens with zero attached hydrogens (tertiary/aromatic N) is 1. The highest BCUT2D eigenvalue weighted by Crippen LogP contribution is 1.80. The van der Waals surface area contributed by atoms with Gasteiger partial charge in [-0.15, -0.1) is 0 Å². The van der Waals surface area contributed by atoms with Crippen LogP contribution in [0.4, 0.5) is 4.79 Å². The van der Waals surface area contributed by atoms with Gasteiger partial charge in [-0.3, -0.25) is 0 Å². The van der Waals surface area contributed by atoms with E-state index in [1.54, 1.807) is 0 Å². The minimum absolute atomic E-state index is 0.809. The van der Waals surface area contributed by atoms with Crippen molar-refractivity contribution in [2.24, 2.45) is 0 Å². The number of hydrogen-bond donors (Lipinski definition) is 0. The van der Waals surface area contributed by atoms with Gasteiger partial charge in [0.15, 0.2) is 0 Å². The van der Waals surface area contributed by atoms with Gasteiger partial charge in [0.25, 0.3) is 10.0 Å². The number of rotatable bonds is 1. The van der Waals surface area contributed by atoms with Crippen LogP contribution >= 0.6 is 0 Å². The summed E-state index contributed by atoms with van der Waals surface area (Å²) in [5.41, 5.74) is 0. The summed E-state index contributed by atoms with van der Waals surface area (Å²) in [5, 5.41) is 0. The molecule has 1 amide bonds. The van der Waals surface area contributed by atoms with Crippen molar-refractivity contribution in [3.05, 3.63) is 0 Å². The average Bonchev–Trinajstić information content (AvgIpc) is 1.62. The first kappa shape index (κ1) is 8.22. The first-order valence-corrected chi connectivity index (χ1v) is 3.81. The van der Waals surface area contributed by atoms with Crippen molar-refractivity contribution >= 4 is 16.1 Å². The number of ether oxygens (including phenoxy) is 1. The van der Waals surface area contributed by atoms with Gasteiger partial charge < -0.3 is 4.74 Å². The summed E-state index contributed by atoms with van der Waals surface area (Å²) in [6.07, 6.45) is -0.290. The first-order chi connectivity index (χ1) is 3.95. The van der Waals surface area contributed by atoms with E-state index in [0.29, 0.717) is 0 Å². The van der Waals surface area contributed by atoms with Gasteiger partial charge in [-0.05, 0) is 0 Å². The summed E-state index contributed by atoms with van der Waals surface area (Å²) in [6.45, 7) is 0. The lowest BCUT2D eigenvalue weighted by Gasteiger charge is -1.93. The second kappa shape index (κ2) is 2.67. The van der Waals surface area contributed by atoms with Gasteiger partial charge in [0.05, 0.1) is 13.4 Å². The molecule has 0 aromatic carbocycles. The Morgan fingerprint density at radius 1 is 1.56 bits per heavy atom. The molecule has 53 valence electrons. The molecule has 0 atom stereocenters. The normalized spacial score (nSPS) is 10.4. The Morgan fingerprint density at radius 2 is 2.00 bits per heavy atom. The maximum absolute atomic E-state index is 10.1. The Kier molecular flexibility index (Phi) is 2.44. The number of hydrogen-bond acceptors (Lipinski definition) is 4. The van der Waals surface area contributed by atoms with Crippen LogP contribution < -0.4 is 4.72 Å². The fourth-order valence-electron chi connectivity index (χ4n) is 0.173. The Hall–Kier alpha value is -0.780. The molecule has 0 heterocycles. The minimum atomic E-state index is -3.58. The SMILES string of the molecule is COC(=O)[N]S(C)(=O)=O. The quantitative estimate of drug-likeness (QED) is 0.498. The molecule has 0 rings (SSSR count). The van der Waals surface area contributed by atoms with Crippen LogP contribution in [0, 0.1) is 0 Å². The summed E-state index contributed by atoms with van der Waals surface area (Å²) in [7, 11) is -2.53. The molecular weight excluding hydrogens is 146 g/mol. The predicted octanol–water partition coefficient (Wildman–Crippen LogP) is -0.683. The van der Waals surface area contributed by atoms with Crippen molar-refractivity contribution in [1.29, 1.82) is 0 Å². The van der Waals surface area contributed by atoms with E-state index in [9.17, 15) is 13.2 Å². The summed E-state index contributed by atoms with van der Waals surface area (Å²) >= 11 is 0. The number of sulfonamides is 1. The van der Waals surface area contributed by atoms with Crippen LogP contribution in [0.3, 0.4) is 0 Å². The van der Waals surface area contributed by atoms with Gasteiger partial charge in [-0.2, -0.15) is 0 Å². The largest absolute Gasteiger partial charge is 0.451 e. The van der Waals surface area contributed by atoms with E-state index < -0.39 is 16.1 Å². The molecule has 0 aliphatic heterocycles. The second-order valence-electron chi connectivity index (χ2n) is 1.29. The topological polar surface area (TPSA) is 74.5 Å². The summed E-state index contributed by atoms with van der Waals surface area (Å²) in [4.78, 5) is 10.1. The summed E-state index contributed by atoms with van der Waals surface area (Å²) in [5.74, 6) is 0. The van der Waals surface area contributed by atoms with E-state index >= 15 is 0 Å². The highest BCUT2D eigenvalue weighted by Gasteiger charge is 2.09. The predicted molar refractivity (Wildman–Crippen MR) is 29.4 cm³/mol. The van der Waals surface area contributed by atoms with Crippen molar-refractivity contribution in [3.8, 4) is 0 Å². The monoisotopic (exact) mass is 152 g/mol. The lowest BCUT2D eigenvalue weighted by Crippen LogP contribution is -2.21. The van der Waals surface area contributed by atoms with Crippen molar-refractivity contribution in [1.82, 2.24) is 4.72 Å². The molecule has 0 N–H and O–H groups in total. The third kappa shape index (κ3) is 5.09. The zero-order chi connectivity index (χ0) is 7.49. The van der Waals surface area contributed by atoms with Gasteiger partial charge in [0.1, 0.15) is 0 Å². The molecular formula is C3H6NO4S. The van der Waals surface area contributed by atoms with Crippen LogP contribution in [0.2, 0.25) is 0 Å². The van der Waals surface area contributed by atoms with Gasteiger partial charge >= 0.3 is 6.09 Å². The van der Waals surface area contributed by atoms with Crippen LogP contribution in [0.15, 0.2) is 0 Å². The minimum Gasteiger partial charge on any atom is -0.451 e. The van der Waals surface area contributed by atoms with Crippen molar-refractivity contribution in [2.45, 2.75) is 0 Å². The molecule has 0 aliphatic rings. The Bertz CT molecular complexity index is 194. The van der Waals surface area contributed by atoms with Crippen molar-refractivity contribution < 1.29 is 17.9 Å². The lowest BCUT2D eigenvalue weighted by atomic mass is 11.2. The smallest absolute Gasteiger partial charge is 0.444 e. The number of carbonyl (C=O) groups is 1. The van der Waals surface area contributed by atoms with Crippen LogP contribution in [-0.4, -0.2) is 27.9 Å². The molecule has 0 bridgehead atoms. The molecule has 0 saturated heterocycles. The maximum atomic E-state index is 10.1. The summed E-state index contributed by atoms with van der Waals surface area (Å²) in [6, 6.07) is 0. The second-order valence-corrected chi connectivity index (χ2v) is 2.94. The molecule has 0 aromatic heterocycles. The van der Waals surface area contributed by atoms with E-state index in [0.717, 1.165) is 13.4 Å². The molecule has 0 saturated carbocycles. The van der Waals surface area contributed by atoms with E-state index in [1.807, 2.05) is 0 Å². The van der Waals surface area contributed by atoms with Gasteiger partial charge in [0.2, 0.25) is 0 Å². The van der Waals surface area contributed by atoms with Crippen LogP contribution in [-0.2, 0) is 14.8 Å². The van der Waals surface area contributed by atoms with Crippen LogP contribution in [0.25, 0.3) is 0 Å². The fourth-order valence-corrected chi connectivity index (χ4v) is 0.518. The van der Waals surface area contributed by atoms with Crippen molar-refractivity contribution in [2.75, 3.05) is 13.4 Å². The molecule has 5 nitrogen and oxygen atoms in total. The zero-order valence-corrected chi connectivity index (χ0v) is 5.80. The van der Waals surface area contributed by atoms with Gasteiger partial charge in [-0.25, -0.2) is 13.2 Å². The average molecular weight is 152 g/mol. The first-order valence-electron chi connectivity index (χ1n) is 1.96. The highest BCUT2D eigenvalue weighted by atomic mass is 32.2. The number of methoxy groups -OCH3 is 1. The van der Waals surface area contributed by atoms with Crippen LogP contribution in [0.5, 0.6) is 0 Å². The van der Waals surface area contributed by atoms with Crippen molar-refractivity contribution in [3.63, 3.8) is 0 Å². The van der Waals surface area contributed by atoms with Gasteiger partial charge in [0, 0.05) is 0 Å². The number of carbonyl (C=O) groups excluding carboxylic acids is 1. The molecule has 1 radical (unpaired) electrons. The molecule has 9 heavy (non-hydrogen) atoms. The molecule has 0 fully saturated rings. The van der Waals surface area contributed by atoms with E-state index in [-0.39, 0.29) is 0 Å². The highest BCUT2D eigenvalue weighted by molar-refractivity contribution is 7.89. The van der Waals surface area contributed by atoms with Gasteiger partial charge in [-0.1, -0.05) is 4.72 Å². The lowest BCUT2D eigenvalue weighted by molar-refractivity contribution is 0.177. The standard InChI is InChI=1S/C3H6NO4S/c1-8-3(5)4-9(2,6)7/h1-2H3. The Balaban J connectivity index is 3.91. The third-order valence-corrected chi connectivity index (χ3v) is 0.896. The zero-order valence-electron chi connectivity index (χ0n) is 4.99. The Morgan fingerprint density at radius 3 is 2.11 bits per heavy atom. The van der Waals surface area contributed by atoms with E-state index in [1.165, 1.54) is 0 Å². The third-order valence-electron chi connectivity index (χ3n) is 0.415. The molecule has 0 spiro atoms. The Labute approximate surface area is 53.1 Å². The fraction of sp³-hybridized carbons (Fsp3) is 0.667. The molecule has 6 heteroatoms. The van der Waals surface area contributed by atoms with Crippen LogP contribution in [0.1, 0.15) is 0 Å². The maximum Gasteiger partial charge on any atom is 0.444 e. The molecule has 0 aliphatic carbocycles. The molecule has 0 unspecified atom stereocenters. The number of amides is 1. The van der Waals surface area contributed by atoms with E-state index in [2.05, 4.69) is 9.46 Å². The van der Waals surface area contributed by atoms with E-state index in [4.69, 9.17) is 0 Å². The summed E-state index contributed by atoms with van der Waals surface area (Å²) < 4.78 is 26.8. The molecule has 0 aromatic rings.